The van der Waals surface area contributed by atoms with E-state index in [-0.39, 0.29) is 11.7 Å². The van der Waals surface area contributed by atoms with E-state index in [9.17, 15) is 9.18 Å². The molecule has 1 aliphatic rings. The Hall–Kier alpha value is -4.66. The second-order valence-electron chi connectivity index (χ2n) is 8.18. The van der Waals surface area contributed by atoms with Crippen molar-refractivity contribution >= 4 is 17.5 Å². The standard InChI is InChI=1S/C27H24FN5O3/c1-16-23(26(34)30-20-9-5-7-11-22(20)36-3)24(17-12-14-18(28)15-13-17)33-27(29-16)31-25(32-33)19-8-4-6-10-21(19)35-2/h4-15,24H,1-3H3,(H,30,34)(H,29,31,32). The van der Waals surface area contributed by atoms with Crippen molar-refractivity contribution in [2.24, 2.45) is 0 Å². The van der Waals surface area contributed by atoms with Crippen LogP contribution in [0.1, 0.15) is 18.5 Å². The van der Waals surface area contributed by atoms with Crippen LogP contribution in [-0.4, -0.2) is 34.9 Å². The predicted octanol–water partition coefficient (Wildman–Crippen LogP) is 5.03. The Morgan fingerprint density at radius 3 is 2.36 bits per heavy atom. The number of hydrogen-bond acceptors (Lipinski definition) is 6. The molecule has 0 saturated heterocycles. The Labute approximate surface area is 207 Å². The highest BCUT2D eigenvalue weighted by atomic mass is 19.1. The third kappa shape index (κ3) is 4.15. The Bertz CT molecular complexity index is 1460. The molecule has 1 unspecified atom stereocenters. The number of anilines is 2. The summed E-state index contributed by atoms with van der Waals surface area (Å²) in [6.45, 7) is 1.80. The van der Waals surface area contributed by atoms with Crippen LogP contribution in [0.15, 0.2) is 84.1 Å². The maximum atomic E-state index is 13.8. The molecule has 1 atom stereocenters. The van der Waals surface area contributed by atoms with Gasteiger partial charge < -0.3 is 20.1 Å². The Balaban J connectivity index is 1.61. The number of allylic oxidation sites excluding steroid dienone is 1. The van der Waals surface area contributed by atoms with Gasteiger partial charge in [-0.05, 0) is 48.9 Å². The molecule has 36 heavy (non-hydrogen) atoms. The topological polar surface area (TPSA) is 90.3 Å². The molecule has 1 amide bonds. The van der Waals surface area contributed by atoms with Gasteiger partial charge in [-0.2, -0.15) is 4.98 Å². The fourth-order valence-corrected chi connectivity index (χ4v) is 4.28. The number of para-hydroxylation sites is 3. The van der Waals surface area contributed by atoms with E-state index in [4.69, 9.17) is 14.6 Å². The van der Waals surface area contributed by atoms with Crippen LogP contribution in [0.25, 0.3) is 11.4 Å². The molecule has 9 heteroatoms. The van der Waals surface area contributed by atoms with Gasteiger partial charge in [0.1, 0.15) is 23.4 Å². The minimum absolute atomic E-state index is 0.348. The van der Waals surface area contributed by atoms with Crippen molar-refractivity contribution in [3.8, 4) is 22.9 Å². The van der Waals surface area contributed by atoms with Crippen LogP contribution in [0.2, 0.25) is 0 Å². The summed E-state index contributed by atoms with van der Waals surface area (Å²) in [5.74, 6) is 1.32. The lowest BCUT2D eigenvalue weighted by Gasteiger charge is -2.28. The van der Waals surface area contributed by atoms with Crippen molar-refractivity contribution in [3.05, 3.63) is 95.4 Å². The average Bonchev–Trinajstić information content (AvgIpc) is 3.32. The van der Waals surface area contributed by atoms with E-state index in [1.54, 1.807) is 50.1 Å². The van der Waals surface area contributed by atoms with E-state index in [2.05, 4.69) is 15.6 Å². The minimum atomic E-state index is -0.660. The molecule has 2 heterocycles. The molecule has 3 aromatic carbocycles. The summed E-state index contributed by atoms with van der Waals surface area (Å²) < 4.78 is 26.3. The van der Waals surface area contributed by atoms with Gasteiger partial charge in [0.05, 0.1) is 31.0 Å². The molecule has 0 bridgehead atoms. The summed E-state index contributed by atoms with van der Waals surface area (Å²) in [5.41, 5.74) is 2.93. The predicted molar refractivity (Wildman–Crippen MR) is 134 cm³/mol. The number of amides is 1. The number of carbonyl (C=O) groups is 1. The number of aromatic nitrogens is 3. The van der Waals surface area contributed by atoms with Crippen molar-refractivity contribution in [3.63, 3.8) is 0 Å². The summed E-state index contributed by atoms with van der Waals surface area (Å²) in [4.78, 5) is 18.3. The molecule has 5 rings (SSSR count). The first-order valence-electron chi connectivity index (χ1n) is 11.3. The number of nitrogens with zero attached hydrogens (tertiary/aromatic N) is 3. The van der Waals surface area contributed by atoms with E-state index < -0.39 is 6.04 Å². The zero-order valence-corrected chi connectivity index (χ0v) is 19.9. The van der Waals surface area contributed by atoms with Crippen LogP contribution in [0.3, 0.4) is 0 Å². The molecule has 8 nitrogen and oxygen atoms in total. The zero-order chi connectivity index (χ0) is 25.2. The van der Waals surface area contributed by atoms with Crippen LogP contribution >= 0.6 is 0 Å². The number of fused-ring (bicyclic) bond motifs is 1. The van der Waals surface area contributed by atoms with Gasteiger partial charge >= 0.3 is 0 Å². The van der Waals surface area contributed by atoms with Gasteiger partial charge in [0, 0.05) is 5.70 Å². The van der Waals surface area contributed by atoms with Gasteiger partial charge in [-0.15, -0.1) is 5.10 Å². The first-order valence-corrected chi connectivity index (χ1v) is 11.3. The fraction of sp³-hybridized carbons (Fsp3) is 0.148. The molecule has 0 fully saturated rings. The molecule has 1 aliphatic heterocycles. The van der Waals surface area contributed by atoms with E-state index in [0.29, 0.717) is 51.4 Å². The number of halogens is 1. The average molecular weight is 486 g/mol. The summed E-state index contributed by atoms with van der Waals surface area (Å²) in [6.07, 6.45) is 0. The maximum Gasteiger partial charge on any atom is 0.255 e. The first kappa shape index (κ1) is 23.1. The van der Waals surface area contributed by atoms with Gasteiger partial charge in [-0.1, -0.05) is 36.4 Å². The fourth-order valence-electron chi connectivity index (χ4n) is 4.28. The van der Waals surface area contributed by atoms with Gasteiger partial charge in [0.15, 0.2) is 5.82 Å². The van der Waals surface area contributed by atoms with Crippen LogP contribution < -0.4 is 20.1 Å². The van der Waals surface area contributed by atoms with Gasteiger partial charge in [-0.25, -0.2) is 9.07 Å². The maximum absolute atomic E-state index is 13.8. The van der Waals surface area contributed by atoms with Crippen molar-refractivity contribution in [1.82, 2.24) is 14.8 Å². The SMILES string of the molecule is COc1ccccc1NC(=O)C1=C(C)Nc2nc(-c3ccccc3OC)nn2C1c1ccc(F)cc1. The Morgan fingerprint density at radius 2 is 1.64 bits per heavy atom. The van der Waals surface area contributed by atoms with E-state index >= 15 is 0 Å². The minimum Gasteiger partial charge on any atom is -0.496 e. The van der Waals surface area contributed by atoms with E-state index in [1.165, 1.54) is 12.1 Å². The van der Waals surface area contributed by atoms with E-state index in [1.807, 2.05) is 36.4 Å². The normalized spacial score (nSPS) is 14.6. The summed E-state index contributed by atoms with van der Waals surface area (Å²) in [5, 5.41) is 10.9. The summed E-state index contributed by atoms with van der Waals surface area (Å²) in [6, 6.07) is 19.9. The number of hydrogen-bond donors (Lipinski definition) is 2. The van der Waals surface area contributed by atoms with Crippen molar-refractivity contribution in [1.29, 1.82) is 0 Å². The molecule has 0 saturated carbocycles. The molecule has 0 radical (unpaired) electrons. The highest BCUT2D eigenvalue weighted by Crippen LogP contribution is 2.38. The molecule has 0 spiro atoms. The third-order valence-corrected chi connectivity index (χ3v) is 5.99. The smallest absolute Gasteiger partial charge is 0.255 e. The molecule has 4 aromatic rings. The summed E-state index contributed by atoms with van der Waals surface area (Å²) >= 11 is 0. The van der Waals surface area contributed by atoms with Crippen LogP contribution in [0.5, 0.6) is 11.5 Å². The Morgan fingerprint density at radius 1 is 0.972 bits per heavy atom. The number of nitrogens with one attached hydrogen (secondary N) is 2. The largest absolute Gasteiger partial charge is 0.496 e. The van der Waals surface area contributed by atoms with Crippen molar-refractivity contribution < 1.29 is 18.7 Å². The number of benzene rings is 3. The van der Waals surface area contributed by atoms with Crippen molar-refractivity contribution in [2.45, 2.75) is 13.0 Å². The Kier molecular flexibility index (Phi) is 6.12. The van der Waals surface area contributed by atoms with Gasteiger partial charge in [-0.3, -0.25) is 4.79 Å². The second-order valence-corrected chi connectivity index (χ2v) is 8.18. The highest BCUT2D eigenvalue weighted by molar-refractivity contribution is 6.06. The van der Waals surface area contributed by atoms with Crippen LogP contribution in [0, 0.1) is 5.82 Å². The lowest BCUT2D eigenvalue weighted by atomic mass is 9.95. The number of carbonyl (C=O) groups excluding carboxylic acids is 1. The van der Waals surface area contributed by atoms with E-state index in [0.717, 1.165) is 0 Å². The second kappa shape index (κ2) is 9.53. The molecule has 182 valence electrons. The van der Waals surface area contributed by atoms with Crippen LogP contribution in [-0.2, 0) is 4.79 Å². The lowest BCUT2D eigenvalue weighted by molar-refractivity contribution is -0.113. The molecule has 0 aliphatic carbocycles. The lowest BCUT2D eigenvalue weighted by Crippen LogP contribution is -2.31. The number of ether oxygens (including phenoxy) is 2. The monoisotopic (exact) mass is 485 g/mol. The number of methoxy groups -OCH3 is 2. The molecule has 2 N–H and O–H groups in total. The zero-order valence-electron chi connectivity index (χ0n) is 19.9. The third-order valence-electron chi connectivity index (χ3n) is 5.99. The quantitative estimate of drug-likeness (QED) is 0.398. The number of rotatable bonds is 6. The van der Waals surface area contributed by atoms with Crippen LogP contribution in [0.4, 0.5) is 16.0 Å². The highest BCUT2D eigenvalue weighted by Gasteiger charge is 2.35. The van der Waals surface area contributed by atoms with Crippen molar-refractivity contribution in [2.75, 3.05) is 24.9 Å². The first-order chi connectivity index (χ1) is 17.5. The molecular formula is C27H24FN5O3. The summed E-state index contributed by atoms with van der Waals surface area (Å²) in [7, 11) is 3.13. The van der Waals surface area contributed by atoms with Gasteiger partial charge in [0.25, 0.3) is 5.91 Å². The molecular weight excluding hydrogens is 461 g/mol. The van der Waals surface area contributed by atoms with Gasteiger partial charge in [0.2, 0.25) is 5.95 Å². The molecule has 1 aromatic heterocycles.